The lowest BCUT2D eigenvalue weighted by Gasteiger charge is -2.13. The zero-order valence-electron chi connectivity index (χ0n) is 12.9. The number of aliphatic carboxylic acids is 1. The summed E-state index contributed by atoms with van der Waals surface area (Å²) in [6.07, 6.45) is -3.61. The van der Waals surface area contributed by atoms with Gasteiger partial charge in [-0.1, -0.05) is 24.0 Å². The number of amides is 1. The van der Waals surface area contributed by atoms with E-state index in [0.717, 1.165) is 30.0 Å². The van der Waals surface area contributed by atoms with Crippen LogP contribution in [0.25, 0.3) is 6.08 Å². The third-order valence-electron chi connectivity index (χ3n) is 3.17. The minimum absolute atomic E-state index is 0.0437. The van der Waals surface area contributed by atoms with Gasteiger partial charge in [0.25, 0.3) is 5.91 Å². The number of halogens is 3. The number of thioether (sulfide) groups is 1. The molecule has 0 aromatic heterocycles. The summed E-state index contributed by atoms with van der Waals surface area (Å²) >= 11 is 5.97. The Bertz CT molecular complexity index is 779. The zero-order chi connectivity index (χ0) is 19.5. The fourth-order valence-corrected chi connectivity index (χ4v) is 3.37. The van der Waals surface area contributed by atoms with E-state index in [4.69, 9.17) is 17.3 Å². The molecule has 140 valence electrons. The number of rotatable bonds is 6. The Morgan fingerprint density at radius 3 is 2.69 bits per heavy atom. The first-order valence-electron chi connectivity index (χ1n) is 7.13. The number of phenols is 1. The van der Waals surface area contributed by atoms with Crippen molar-refractivity contribution in [2.45, 2.75) is 19.2 Å². The average molecular weight is 407 g/mol. The van der Waals surface area contributed by atoms with Crippen molar-refractivity contribution in [3.63, 3.8) is 0 Å². The summed E-state index contributed by atoms with van der Waals surface area (Å²) < 4.78 is 40.9. The van der Waals surface area contributed by atoms with E-state index in [1.54, 1.807) is 0 Å². The van der Waals surface area contributed by atoms with E-state index in [0.29, 0.717) is 0 Å². The van der Waals surface area contributed by atoms with Gasteiger partial charge in [0, 0.05) is 18.5 Å². The molecule has 11 heteroatoms. The van der Waals surface area contributed by atoms with Crippen molar-refractivity contribution in [3.8, 4) is 11.5 Å². The van der Waals surface area contributed by atoms with E-state index in [2.05, 4.69) is 4.74 Å². The van der Waals surface area contributed by atoms with Gasteiger partial charge in [-0.15, -0.1) is 13.2 Å². The maximum atomic E-state index is 12.3. The quantitative estimate of drug-likeness (QED) is 0.552. The van der Waals surface area contributed by atoms with Gasteiger partial charge in [-0.3, -0.25) is 14.5 Å². The van der Waals surface area contributed by atoms with Gasteiger partial charge < -0.3 is 14.9 Å². The van der Waals surface area contributed by atoms with Gasteiger partial charge in [0.05, 0.1) is 4.91 Å². The minimum Gasteiger partial charge on any atom is -0.507 e. The number of aromatic hydroxyl groups is 1. The van der Waals surface area contributed by atoms with E-state index in [1.807, 2.05) is 0 Å². The Hall–Kier alpha value is -2.27. The highest BCUT2D eigenvalue weighted by molar-refractivity contribution is 8.26. The molecule has 0 bridgehead atoms. The number of carbonyl (C=O) groups excluding carboxylic acids is 1. The summed E-state index contributed by atoms with van der Waals surface area (Å²) in [6.45, 7) is 0.109. The van der Waals surface area contributed by atoms with Gasteiger partial charge in [-0.25, -0.2) is 0 Å². The molecule has 1 amide bonds. The molecule has 1 aliphatic rings. The molecule has 0 unspecified atom stereocenters. The van der Waals surface area contributed by atoms with Gasteiger partial charge in [-0.2, -0.15) is 0 Å². The number of ether oxygens (including phenoxy) is 1. The van der Waals surface area contributed by atoms with Gasteiger partial charge in [0.2, 0.25) is 0 Å². The molecule has 26 heavy (non-hydrogen) atoms. The number of benzene rings is 1. The van der Waals surface area contributed by atoms with Gasteiger partial charge in [0.1, 0.15) is 15.8 Å². The molecule has 1 aliphatic heterocycles. The maximum Gasteiger partial charge on any atom is 0.573 e. The van der Waals surface area contributed by atoms with Crippen molar-refractivity contribution in [1.82, 2.24) is 4.90 Å². The highest BCUT2D eigenvalue weighted by Gasteiger charge is 2.33. The number of alkyl halides is 3. The lowest BCUT2D eigenvalue weighted by atomic mass is 10.1. The van der Waals surface area contributed by atoms with E-state index in [1.165, 1.54) is 11.0 Å². The smallest absolute Gasteiger partial charge is 0.507 e. The Balaban J connectivity index is 2.19. The molecular weight excluding hydrogens is 395 g/mol. The SMILES string of the molecule is O=C(O)CCCN1C(=O)C(=Cc2cc(OC(F)(F)F)ccc2O)SC1=S. The van der Waals surface area contributed by atoms with Crippen LogP contribution in [-0.4, -0.2) is 44.2 Å². The zero-order valence-corrected chi connectivity index (χ0v) is 14.6. The molecule has 2 rings (SSSR count). The normalized spacial score (nSPS) is 16.4. The second kappa shape index (κ2) is 7.96. The molecular formula is C15H12F3NO5S2. The summed E-state index contributed by atoms with van der Waals surface area (Å²) in [5.41, 5.74) is -0.0437. The summed E-state index contributed by atoms with van der Waals surface area (Å²) in [6, 6.07) is 2.90. The van der Waals surface area contributed by atoms with Crippen molar-refractivity contribution in [3.05, 3.63) is 28.7 Å². The number of nitrogens with zero attached hydrogens (tertiary/aromatic N) is 1. The lowest BCUT2D eigenvalue weighted by molar-refractivity contribution is -0.274. The van der Waals surface area contributed by atoms with Gasteiger partial charge in [0.15, 0.2) is 0 Å². The average Bonchev–Trinajstić information content (AvgIpc) is 2.76. The molecule has 0 aliphatic carbocycles. The Morgan fingerprint density at radius 1 is 1.38 bits per heavy atom. The first-order valence-corrected chi connectivity index (χ1v) is 8.35. The number of hydrogen-bond acceptors (Lipinski definition) is 6. The highest BCUT2D eigenvalue weighted by atomic mass is 32.2. The molecule has 6 nitrogen and oxygen atoms in total. The van der Waals surface area contributed by atoms with Crippen molar-refractivity contribution in [2.24, 2.45) is 0 Å². The van der Waals surface area contributed by atoms with Crippen LogP contribution < -0.4 is 4.74 Å². The van der Waals surface area contributed by atoms with E-state index < -0.39 is 24.0 Å². The first kappa shape index (κ1) is 20.0. The van der Waals surface area contributed by atoms with E-state index >= 15 is 0 Å². The lowest BCUT2D eigenvalue weighted by Crippen LogP contribution is -2.29. The maximum absolute atomic E-state index is 12.3. The standard InChI is InChI=1S/C15H12F3NO5S2/c16-15(17,18)24-9-3-4-10(20)8(6-9)7-11-13(23)19(14(25)26-11)5-1-2-12(21)22/h3-4,6-7,20H,1-2,5H2,(H,21,22). The molecule has 1 fully saturated rings. The minimum atomic E-state index is -4.89. The second-order valence-electron chi connectivity index (χ2n) is 5.10. The van der Waals surface area contributed by atoms with Crippen LogP contribution in [-0.2, 0) is 9.59 Å². The second-order valence-corrected chi connectivity index (χ2v) is 6.77. The highest BCUT2D eigenvalue weighted by Crippen LogP contribution is 2.35. The number of hydrogen-bond donors (Lipinski definition) is 2. The molecule has 0 radical (unpaired) electrons. The van der Waals surface area contributed by atoms with Crippen LogP contribution in [0, 0.1) is 0 Å². The Morgan fingerprint density at radius 2 is 2.08 bits per heavy atom. The molecule has 0 saturated carbocycles. The third-order valence-corrected chi connectivity index (χ3v) is 4.54. The van der Waals surface area contributed by atoms with Gasteiger partial charge in [-0.05, 0) is 30.7 Å². The largest absolute Gasteiger partial charge is 0.573 e. The summed E-state index contributed by atoms with van der Waals surface area (Å²) in [5, 5.41) is 18.4. The number of carboxylic acid groups (broad SMARTS) is 1. The summed E-state index contributed by atoms with van der Waals surface area (Å²) in [4.78, 5) is 24.2. The molecule has 0 atom stereocenters. The van der Waals surface area contributed by atoms with Crippen molar-refractivity contribution < 1.29 is 37.7 Å². The number of carboxylic acids is 1. The molecule has 1 heterocycles. The van der Waals surface area contributed by atoms with Crippen LogP contribution in [0.5, 0.6) is 11.5 Å². The Kier molecular flexibility index (Phi) is 6.13. The Labute approximate surface area is 155 Å². The third kappa shape index (κ3) is 5.36. The monoisotopic (exact) mass is 407 g/mol. The van der Waals surface area contributed by atoms with Crippen LogP contribution in [0.1, 0.15) is 18.4 Å². The van der Waals surface area contributed by atoms with Crippen LogP contribution >= 0.6 is 24.0 Å². The first-order chi connectivity index (χ1) is 12.1. The van der Waals surface area contributed by atoms with Crippen LogP contribution in [0.15, 0.2) is 23.1 Å². The number of phenolic OH excluding ortho intramolecular Hbond substituents is 1. The fraction of sp³-hybridized carbons (Fsp3) is 0.267. The summed E-state index contributed by atoms with van der Waals surface area (Å²) in [7, 11) is 0. The van der Waals surface area contributed by atoms with Crippen molar-refractivity contribution in [1.29, 1.82) is 0 Å². The van der Waals surface area contributed by atoms with Crippen molar-refractivity contribution in [2.75, 3.05) is 6.54 Å². The van der Waals surface area contributed by atoms with E-state index in [-0.39, 0.29) is 39.9 Å². The van der Waals surface area contributed by atoms with Gasteiger partial charge >= 0.3 is 12.3 Å². The topological polar surface area (TPSA) is 87.1 Å². The molecule has 0 spiro atoms. The van der Waals surface area contributed by atoms with E-state index in [9.17, 15) is 27.9 Å². The molecule has 2 N–H and O–H groups in total. The van der Waals surface area contributed by atoms with Crippen LogP contribution in [0.4, 0.5) is 13.2 Å². The fourth-order valence-electron chi connectivity index (χ4n) is 2.07. The van der Waals surface area contributed by atoms with Crippen LogP contribution in [0.2, 0.25) is 0 Å². The number of thiocarbonyl (C=S) groups is 1. The van der Waals surface area contributed by atoms with Crippen LogP contribution in [0.3, 0.4) is 0 Å². The molecule has 1 saturated heterocycles. The number of carbonyl (C=O) groups is 2. The predicted octanol–water partition coefficient (Wildman–Crippen LogP) is 3.36. The summed E-state index contributed by atoms with van der Waals surface area (Å²) in [5.74, 6) is -2.39. The molecule has 1 aromatic carbocycles. The molecule has 1 aromatic rings. The van der Waals surface area contributed by atoms with Crippen molar-refractivity contribution >= 4 is 46.3 Å². The predicted molar refractivity (Wildman–Crippen MR) is 91.5 cm³/mol.